The molecule has 0 heterocycles. The van der Waals surface area contributed by atoms with Crippen LogP contribution in [-0.4, -0.2) is 5.91 Å². The fraction of sp³-hybridized carbons (Fsp3) is 0. The van der Waals surface area contributed by atoms with E-state index in [9.17, 15) is 18.0 Å². The Kier molecular flexibility index (Phi) is 3.71. The lowest BCUT2D eigenvalue weighted by atomic mass is 10.1. The van der Waals surface area contributed by atoms with Crippen LogP contribution in [0.3, 0.4) is 0 Å². The second-order valence-corrected chi connectivity index (χ2v) is 3.86. The first kappa shape index (κ1) is 13.6. The quantitative estimate of drug-likeness (QED) is 0.915. The Balaban J connectivity index is 2.29. The summed E-state index contributed by atoms with van der Waals surface area (Å²) < 4.78 is 40.0. The van der Waals surface area contributed by atoms with Crippen molar-refractivity contribution < 1.29 is 18.0 Å². The molecule has 0 fully saturated rings. The van der Waals surface area contributed by atoms with Gasteiger partial charge in [-0.25, -0.2) is 13.2 Å². The highest BCUT2D eigenvalue weighted by Gasteiger charge is 2.16. The molecule has 1 amide bonds. The Labute approximate surface area is 112 Å². The average molecular weight is 276 g/mol. The summed E-state index contributed by atoms with van der Waals surface area (Å²) in [7, 11) is 0. The lowest BCUT2D eigenvalue weighted by molar-refractivity contribution is 0.102. The van der Waals surface area contributed by atoms with Gasteiger partial charge >= 0.3 is 0 Å². The predicted octanol–water partition coefficient (Wildman–Crippen LogP) is 3.23. The van der Waals surface area contributed by atoms with Crippen molar-refractivity contribution in [3.8, 4) is 6.07 Å². The molecule has 0 saturated carbocycles. The van der Waals surface area contributed by atoms with Gasteiger partial charge in [-0.3, -0.25) is 4.79 Å². The molecule has 100 valence electrons. The topological polar surface area (TPSA) is 52.9 Å². The van der Waals surface area contributed by atoms with Gasteiger partial charge in [0.1, 0.15) is 5.82 Å². The molecule has 0 aliphatic carbocycles. The number of halogens is 3. The lowest BCUT2D eigenvalue weighted by Crippen LogP contribution is -2.15. The third kappa shape index (κ3) is 2.62. The molecule has 2 aromatic carbocycles. The number of rotatable bonds is 2. The van der Waals surface area contributed by atoms with Crippen molar-refractivity contribution in [2.24, 2.45) is 0 Å². The number of hydrogen-bond acceptors (Lipinski definition) is 2. The summed E-state index contributed by atoms with van der Waals surface area (Å²) in [6.07, 6.45) is 0. The monoisotopic (exact) mass is 276 g/mol. The lowest BCUT2D eigenvalue weighted by Gasteiger charge is -2.07. The first-order valence-corrected chi connectivity index (χ1v) is 5.48. The Morgan fingerprint density at radius 3 is 2.50 bits per heavy atom. The largest absolute Gasteiger partial charge is 0.319 e. The van der Waals surface area contributed by atoms with Crippen LogP contribution >= 0.6 is 0 Å². The zero-order valence-electron chi connectivity index (χ0n) is 9.95. The zero-order valence-corrected chi connectivity index (χ0v) is 9.95. The van der Waals surface area contributed by atoms with Crippen LogP contribution < -0.4 is 5.32 Å². The normalized spacial score (nSPS) is 9.90. The fourth-order valence-electron chi connectivity index (χ4n) is 1.55. The molecule has 0 aromatic heterocycles. The maximum absolute atomic E-state index is 13.6. The van der Waals surface area contributed by atoms with Gasteiger partial charge in [-0.05, 0) is 30.3 Å². The van der Waals surface area contributed by atoms with Gasteiger partial charge in [-0.15, -0.1) is 0 Å². The Morgan fingerprint density at radius 1 is 1.10 bits per heavy atom. The van der Waals surface area contributed by atoms with E-state index in [1.807, 2.05) is 0 Å². The average Bonchev–Trinajstić information content (AvgIpc) is 2.44. The minimum Gasteiger partial charge on any atom is -0.319 e. The van der Waals surface area contributed by atoms with E-state index in [0.29, 0.717) is 0 Å². The van der Waals surface area contributed by atoms with E-state index in [4.69, 9.17) is 5.26 Å². The number of benzene rings is 2. The molecule has 6 heteroatoms. The molecule has 0 bridgehead atoms. The van der Waals surface area contributed by atoms with E-state index >= 15 is 0 Å². The van der Waals surface area contributed by atoms with Gasteiger partial charge in [0.2, 0.25) is 0 Å². The SMILES string of the molecule is N#Cc1ccc(NC(=O)c2cccc(F)c2F)c(F)c1. The van der Waals surface area contributed by atoms with Gasteiger partial charge < -0.3 is 5.32 Å². The summed E-state index contributed by atoms with van der Waals surface area (Å²) in [6.45, 7) is 0. The molecule has 3 nitrogen and oxygen atoms in total. The smallest absolute Gasteiger partial charge is 0.258 e. The van der Waals surface area contributed by atoms with Crippen LogP contribution in [0.4, 0.5) is 18.9 Å². The van der Waals surface area contributed by atoms with Crippen molar-refractivity contribution >= 4 is 11.6 Å². The number of anilines is 1. The predicted molar refractivity (Wildman–Crippen MR) is 65.4 cm³/mol. The molecule has 0 atom stereocenters. The van der Waals surface area contributed by atoms with Crippen LogP contribution in [0, 0.1) is 28.8 Å². The molecule has 0 aliphatic rings. The summed E-state index contributed by atoms with van der Waals surface area (Å²) in [4.78, 5) is 11.7. The van der Waals surface area contributed by atoms with Gasteiger partial charge in [0.15, 0.2) is 11.6 Å². The van der Waals surface area contributed by atoms with Crippen LogP contribution in [0.5, 0.6) is 0 Å². The Hall–Kier alpha value is -2.81. The molecular formula is C14H7F3N2O. The van der Waals surface area contributed by atoms with Crippen molar-refractivity contribution in [2.75, 3.05) is 5.32 Å². The number of nitrogens with zero attached hydrogens (tertiary/aromatic N) is 1. The summed E-state index contributed by atoms with van der Waals surface area (Å²) in [5.41, 5.74) is -0.677. The van der Waals surface area contributed by atoms with E-state index in [1.165, 1.54) is 18.2 Å². The van der Waals surface area contributed by atoms with E-state index in [2.05, 4.69) is 5.32 Å². The van der Waals surface area contributed by atoms with Gasteiger partial charge in [0, 0.05) is 0 Å². The third-order valence-electron chi connectivity index (χ3n) is 2.54. The minimum atomic E-state index is -1.31. The number of amides is 1. The van der Waals surface area contributed by atoms with E-state index in [0.717, 1.165) is 18.2 Å². The minimum absolute atomic E-state index is 0.0810. The van der Waals surface area contributed by atoms with Crippen LogP contribution in [-0.2, 0) is 0 Å². The van der Waals surface area contributed by atoms with Gasteiger partial charge in [0.05, 0.1) is 22.9 Å². The van der Waals surface area contributed by atoms with Crippen molar-refractivity contribution in [3.05, 3.63) is 65.0 Å². The summed E-state index contributed by atoms with van der Waals surface area (Å²) in [6, 6.07) is 8.24. The molecular weight excluding hydrogens is 269 g/mol. The highest BCUT2D eigenvalue weighted by atomic mass is 19.2. The second-order valence-electron chi connectivity index (χ2n) is 3.86. The van der Waals surface area contributed by atoms with E-state index in [1.54, 1.807) is 6.07 Å². The van der Waals surface area contributed by atoms with E-state index in [-0.39, 0.29) is 11.3 Å². The second kappa shape index (κ2) is 5.45. The van der Waals surface area contributed by atoms with Crippen molar-refractivity contribution in [1.29, 1.82) is 5.26 Å². The number of nitrogens with one attached hydrogen (secondary N) is 1. The molecule has 1 N–H and O–H groups in total. The molecule has 0 aliphatic heterocycles. The zero-order chi connectivity index (χ0) is 14.7. The Morgan fingerprint density at radius 2 is 1.85 bits per heavy atom. The van der Waals surface area contributed by atoms with Crippen LogP contribution in [0.15, 0.2) is 36.4 Å². The Bertz CT molecular complexity index is 723. The fourth-order valence-corrected chi connectivity index (χ4v) is 1.55. The molecule has 0 saturated heterocycles. The number of nitriles is 1. The third-order valence-corrected chi connectivity index (χ3v) is 2.54. The number of carbonyl (C=O) groups excluding carboxylic acids is 1. The number of hydrogen-bond donors (Lipinski definition) is 1. The molecule has 0 unspecified atom stereocenters. The molecule has 2 aromatic rings. The van der Waals surface area contributed by atoms with Crippen LogP contribution in [0.25, 0.3) is 0 Å². The van der Waals surface area contributed by atoms with Crippen molar-refractivity contribution in [2.45, 2.75) is 0 Å². The van der Waals surface area contributed by atoms with Crippen molar-refractivity contribution in [1.82, 2.24) is 0 Å². The highest BCUT2D eigenvalue weighted by Crippen LogP contribution is 2.18. The van der Waals surface area contributed by atoms with Gasteiger partial charge in [-0.2, -0.15) is 5.26 Å². The molecule has 2 rings (SSSR count). The highest BCUT2D eigenvalue weighted by molar-refractivity contribution is 6.04. The number of carbonyl (C=O) groups is 1. The van der Waals surface area contributed by atoms with Gasteiger partial charge in [0.25, 0.3) is 5.91 Å². The van der Waals surface area contributed by atoms with Crippen LogP contribution in [0.2, 0.25) is 0 Å². The first-order valence-electron chi connectivity index (χ1n) is 5.48. The van der Waals surface area contributed by atoms with Crippen molar-refractivity contribution in [3.63, 3.8) is 0 Å². The molecule has 0 spiro atoms. The maximum atomic E-state index is 13.6. The summed E-state index contributed by atoms with van der Waals surface area (Å²) >= 11 is 0. The molecule has 0 radical (unpaired) electrons. The summed E-state index contributed by atoms with van der Waals surface area (Å²) in [5, 5.41) is 10.7. The first-order chi connectivity index (χ1) is 9.52. The van der Waals surface area contributed by atoms with E-state index < -0.39 is 28.9 Å². The maximum Gasteiger partial charge on any atom is 0.258 e. The van der Waals surface area contributed by atoms with Crippen LogP contribution in [0.1, 0.15) is 15.9 Å². The van der Waals surface area contributed by atoms with Gasteiger partial charge in [-0.1, -0.05) is 6.07 Å². The summed E-state index contributed by atoms with van der Waals surface area (Å²) in [5.74, 6) is -4.29. The standard InChI is InChI=1S/C14H7F3N2O/c15-10-3-1-2-9(13(10)17)14(20)19-12-5-4-8(7-18)6-11(12)16/h1-6H,(H,19,20). The molecule has 20 heavy (non-hydrogen) atoms.